The van der Waals surface area contributed by atoms with Gasteiger partial charge in [0.2, 0.25) is 0 Å². The van der Waals surface area contributed by atoms with Gasteiger partial charge in [0.15, 0.2) is 0 Å². The molecule has 0 saturated carbocycles. The number of aryl methyl sites for hydroxylation is 1. The van der Waals surface area contributed by atoms with Crippen LogP contribution in [-0.4, -0.2) is 22.7 Å². The molecule has 5 rings (SSSR count). The maximum Gasteiger partial charge on any atom is 0.254 e. The first-order valence-electron chi connectivity index (χ1n) is 12.2. The summed E-state index contributed by atoms with van der Waals surface area (Å²) in [4.78, 5) is 18.8. The zero-order chi connectivity index (χ0) is 23.5. The summed E-state index contributed by atoms with van der Waals surface area (Å²) in [6, 6.07) is 11.6. The van der Waals surface area contributed by atoms with Crippen molar-refractivity contribution in [2.45, 2.75) is 76.9 Å². The number of benzene rings is 1. The summed E-state index contributed by atoms with van der Waals surface area (Å²) >= 11 is 0. The van der Waals surface area contributed by atoms with E-state index in [2.05, 4.69) is 44.4 Å². The molecule has 1 aromatic carbocycles. The highest BCUT2D eigenvalue weighted by molar-refractivity contribution is 6.76. The highest BCUT2D eigenvalue weighted by Gasteiger charge is 2.38. The van der Waals surface area contributed by atoms with Crippen LogP contribution in [0.2, 0.25) is 25.7 Å². The van der Waals surface area contributed by atoms with Gasteiger partial charge < -0.3 is 9.67 Å². The summed E-state index contributed by atoms with van der Waals surface area (Å²) in [5, 5.41) is 12.8. The molecule has 1 aliphatic carbocycles. The third kappa shape index (κ3) is 3.53. The third-order valence-electron chi connectivity index (χ3n) is 7.64. The Bertz CT molecular complexity index is 1350. The Labute approximate surface area is 197 Å². The predicted octanol–water partition coefficient (Wildman–Crippen LogP) is 5.80. The van der Waals surface area contributed by atoms with E-state index in [1.807, 2.05) is 23.6 Å². The van der Waals surface area contributed by atoms with Crippen LogP contribution in [0.25, 0.3) is 22.3 Å². The highest BCUT2D eigenvalue weighted by Crippen LogP contribution is 2.43. The third-order valence-corrected chi connectivity index (χ3v) is 9.39. The van der Waals surface area contributed by atoms with Crippen molar-refractivity contribution in [2.24, 2.45) is 0 Å². The molecular weight excluding hydrogens is 424 g/mol. The van der Waals surface area contributed by atoms with Crippen LogP contribution in [0, 0.1) is 0 Å². The van der Waals surface area contributed by atoms with Crippen molar-refractivity contribution < 1.29 is 5.11 Å². The van der Waals surface area contributed by atoms with E-state index >= 15 is 0 Å². The van der Waals surface area contributed by atoms with E-state index in [-0.39, 0.29) is 5.56 Å². The number of rotatable bonds is 4. The van der Waals surface area contributed by atoms with Crippen molar-refractivity contribution in [2.75, 3.05) is 0 Å². The molecule has 1 N–H and O–H groups in total. The lowest BCUT2D eigenvalue weighted by Gasteiger charge is -2.30. The molecule has 3 heterocycles. The molecule has 4 nitrogen and oxygen atoms in total. The van der Waals surface area contributed by atoms with Gasteiger partial charge in [0, 0.05) is 24.6 Å². The molecule has 3 aromatic rings. The first kappa shape index (κ1) is 22.3. The van der Waals surface area contributed by atoms with Crippen LogP contribution in [0.15, 0.2) is 47.3 Å². The van der Waals surface area contributed by atoms with Crippen molar-refractivity contribution in [1.82, 2.24) is 9.55 Å². The maximum atomic E-state index is 13.8. The van der Waals surface area contributed by atoms with Crippen molar-refractivity contribution in [3.63, 3.8) is 0 Å². The van der Waals surface area contributed by atoms with E-state index in [1.54, 1.807) is 0 Å². The molecule has 1 atom stereocenters. The van der Waals surface area contributed by atoms with Crippen LogP contribution >= 0.6 is 0 Å². The van der Waals surface area contributed by atoms with E-state index < -0.39 is 13.7 Å². The van der Waals surface area contributed by atoms with Gasteiger partial charge in [-0.05, 0) is 60.9 Å². The van der Waals surface area contributed by atoms with Gasteiger partial charge >= 0.3 is 0 Å². The van der Waals surface area contributed by atoms with Crippen LogP contribution < -0.4 is 5.56 Å². The molecule has 1 unspecified atom stereocenters. The second-order valence-corrected chi connectivity index (χ2v) is 16.6. The molecule has 172 valence electrons. The molecule has 0 saturated heterocycles. The Hall–Kier alpha value is -2.50. The van der Waals surface area contributed by atoms with Gasteiger partial charge in [-0.3, -0.25) is 4.79 Å². The molecule has 5 heteroatoms. The molecule has 0 amide bonds. The van der Waals surface area contributed by atoms with Crippen molar-refractivity contribution in [1.29, 1.82) is 0 Å². The predicted molar refractivity (Wildman–Crippen MR) is 139 cm³/mol. The Morgan fingerprint density at radius 3 is 2.67 bits per heavy atom. The van der Waals surface area contributed by atoms with Crippen molar-refractivity contribution in [3.05, 3.63) is 75.1 Å². The first-order chi connectivity index (χ1) is 15.6. The quantitative estimate of drug-likeness (QED) is 0.239. The standard InChI is InChI=1S/C28H34N2O2Si/c1-6-28(32)18(2)10-9-12-21-23(28)16-25-26-22(17-30(25)27(21)31)19(14-15-33(3,4)5)20-11-7-8-13-24(20)29-26/h7-8,11,13,16,32H,2,6,9-10,12,14-15,17H2,1,3-5H3. The summed E-state index contributed by atoms with van der Waals surface area (Å²) in [7, 11) is -1.24. The molecule has 0 bridgehead atoms. The maximum absolute atomic E-state index is 13.8. The zero-order valence-electron chi connectivity index (χ0n) is 20.3. The topological polar surface area (TPSA) is 55.1 Å². The average molecular weight is 459 g/mol. The van der Waals surface area contributed by atoms with E-state index in [0.29, 0.717) is 19.4 Å². The summed E-state index contributed by atoms with van der Waals surface area (Å²) in [6.07, 6.45) is 3.80. The fraction of sp³-hybridized carbons (Fsp3) is 0.429. The van der Waals surface area contributed by atoms with E-state index in [1.165, 1.54) is 22.6 Å². The monoisotopic (exact) mass is 458 g/mol. The van der Waals surface area contributed by atoms with Gasteiger partial charge in [0.25, 0.3) is 5.56 Å². The van der Waals surface area contributed by atoms with Crippen molar-refractivity contribution >= 4 is 19.0 Å². The minimum atomic E-state index is -1.24. The minimum Gasteiger partial charge on any atom is -0.381 e. The SMILES string of the molecule is C=C1CCCc2c(cc3n(c2=O)Cc2c-3nc3ccccc3c2CC[Si](C)(C)C)C1(O)CC. The number of para-hydroxylation sites is 1. The fourth-order valence-electron chi connectivity index (χ4n) is 5.61. The smallest absolute Gasteiger partial charge is 0.254 e. The molecule has 0 spiro atoms. The Morgan fingerprint density at radius 1 is 1.18 bits per heavy atom. The van der Waals surface area contributed by atoms with E-state index in [0.717, 1.165) is 52.9 Å². The normalized spacial score (nSPS) is 19.8. The number of pyridine rings is 2. The van der Waals surface area contributed by atoms with Crippen LogP contribution in [0.5, 0.6) is 0 Å². The summed E-state index contributed by atoms with van der Waals surface area (Å²) in [6.45, 7) is 14.0. The summed E-state index contributed by atoms with van der Waals surface area (Å²) in [5.41, 5.74) is 6.44. The van der Waals surface area contributed by atoms with Gasteiger partial charge in [0.05, 0.1) is 23.4 Å². The lowest BCUT2D eigenvalue weighted by atomic mass is 9.82. The number of aromatic nitrogens is 2. The summed E-state index contributed by atoms with van der Waals surface area (Å²) in [5.74, 6) is 0. The zero-order valence-corrected chi connectivity index (χ0v) is 21.3. The van der Waals surface area contributed by atoms with Gasteiger partial charge in [-0.25, -0.2) is 4.98 Å². The minimum absolute atomic E-state index is 0.0299. The summed E-state index contributed by atoms with van der Waals surface area (Å²) < 4.78 is 1.90. The molecule has 0 radical (unpaired) electrons. The Balaban J connectivity index is 1.77. The second kappa shape index (κ2) is 7.78. The van der Waals surface area contributed by atoms with Crippen LogP contribution in [-0.2, 0) is 25.0 Å². The number of fused-ring (bicyclic) bond motifs is 5. The van der Waals surface area contributed by atoms with E-state index in [4.69, 9.17) is 4.98 Å². The molecule has 0 fully saturated rings. The molecule has 1 aliphatic heterocycles. The van der Waals surface area contributed by atoms with Crippen molar-refractivity contribution in [3.8, 4) is 11.4 Å². The van der Waals surface area contributed by atoms with Gasteiger partial charge in [-0.1, -0.05) is 57.4 Å². The number of aliphatic hydroxyl groups is 1. The largest absolute Gasteiger partial charge is 0.381 e. The Morgan fingerprint density at radius 2 is 1.94 bits per heavy atom. The molecule has 2 aliphatic rings. The van der Waals surface area contributed by atoms with Crippen LogP contribution in [0.3, 0.4) is 0 Å². The first-order valence-corrected chi connectivity index (χ1v) is 15.9. The lowest BCUT2D eigenvalue weighted by molar-refractivity contribution is 0.0696. The molecule has 33 heavy (non-hydrogen) atoms. The van der Waals surface area contributed by atoms with E-state index in [9.17, 15) is 9.90 Å². The number of hydrogen-bond donors (Lipinski definition) is 1. The average Bonchev–Trinajstić information content (AvgIpc) is 3.09. The highest BCUT2D eigenvalue weighted by atomic mass is 28.3. The molecule has 2 aromatic heterocycles. The fourth-order valence-corrected chi connectivity index (χ4v) is 6.61. The lowest BCUT2D eigenvalue weighted by Crippen LogP contribution is -2.32. The second-order valence-electron chi connectivity index (χ2n) is 11.0. The van der Waals surface area contributed by atoms with Crippen LogP contribution in [0.1, 0.15) is 48.4 Å². The number of nitrogens with zero attached hydrogens (tertiary/aromatic N) is 2. The molecular formula is C28H34N2O2Si. The van der Waals surface area contributed by atoms with Gasteiger partial charge in [-0.2, -0.15) is 0 Å². The van der Waals surface area contributed by atoms with Crippen LogP contribution in [0.4, 0.5) is 0 Å². The number of hydrogen-bond acceptors (Lipinski definition) is 3. The van der Waals surface area contributed by atoms with Gasteiger partial charge in [-0.15, -0.1) is 0 Å². The Kier molecular flexibility index (Phi) is 5.25. The van der Waals surface area contributed by atoms with Gasteiger partial charge in [0.1, 0.15) is 5.60 Å².